The van der Waals surface area contributed by atoms with Gasteiger partial charge in [0.05, 0.1) is 0 Å². The van der Waals surface area contributed by atoms with E-state index in [9.17, 15) is 4.79 Å². The Balaban J connectivity index is 2.49. The van der Waals surface area contributed by atoms with Gasteiger partial charge in [-0.3, -0.25) is 4.79 Å². The first kappa shape index (κ1) is 15.0. The fourth-order valence-electron chi connectivity index (χ4n) is 1.64. The molecule has 1 aromatic rings. The fraction of sp³-hybridized carbons (Fsp3) is 0.235. The first-order valence-corrected chi connectivity index (χ1v) is 6.46. The van der Waals surface area contributed by atoms with Gasteiger partial charge in [0.15, 0.2) is 5.78 Å². The zero-order chi connectivity index (χ0) is 14.1. The smallest absolute Gasteiger partial charge is 0.180 e. The fourth-order valence-corrected chi connectivity index (χ4v) is 1.64. The molecule has 0 saturated carbocycles. The van der Waals surface area contributed by atoms with Gasteiger partial charge in [-0.25, -0.2) is 0 Å². The van der Waals surface area contributed by atoms with Crippen LogP contribution < -0.4 is 5.32 Å². The molecule has 100 valence electrons. The van der Waals surface area contributed by atoms with Crippen LogP contribution in [0.25, 0.3) is 6.08 Å². The van der Waals surface area contributed by atoms with Crippen molar-refractivity contribution >= 4 is 11.9 Å². The van der Waals surface area contributed by atoms with Crippen LogP contribution in [0.15, 0.2) is 60.3 Å². The minimum absolute atomic E-state index is 0.0108. The number of allylic oxidation sites excluding steroid dienone is 5. The molecule has 1 N–H and O–H groups in total. The molecule has 2 nitrogen and oxygen atoms in total. The van der Waals surface area contributed by atoms with Gasteiger partial charge >= 0.3 is 0 Å². The zero-order valence-electron chi connectivity index (χ0n) is 11.8. The Morgan fingerprint density at radius 1 is 1.16 bits per heavy atom. The molecule has 0 bridgehead atoms. The molecule has 1 rings (SSSR count). The van der Waals surface area contributed by atoms with E-state index in [0.717, 1.165) is 11.3 Å². The van der Waals surface area contributed by atoms with Gasteiger partial charge in [0, 0.05) is 17.8 Å². The molecule has 0 unspecified atom stereocenters. The maximum Gasteiger partial charge on any atom is 0.180 e. The molecule has 0 fully saturated rings. The largest absolute Gasteiger partial charge is 0.386 e. The first-order valence-electron chi connectivity index (χ1n) is 6.46. The lowest BCUT2D eigenvalue weighted by atomic mass is 10.2. The maximum atomic E-state index is 11.6. The highest BCUT2D eigenvalue weighted by atomic mass is 16.1. The van der Waals surface area contributed by atoms with Crippen molar-refractivity contribution < 1.29 is 4.79 Å². The Morgan fingerprint density at radius 2 is 1.84 bits per heavy atom. The van der Waals surface area contributed by atoms with Crippen molar-refractivity contribution in [1.82, 2.24) is 5.32 Å². The minimum Gasteiger partial charge on any atom is -0.386 e. The average molecular weight is 255 g/mol. The second-order valence-corrected chi connectivity index (χ2v) is 4.66. The molecule has 0 amide bonds. The van der Waals surface area contributed by atoms with Crippen LogP contribution in [0, 0.1) is 0 Å². The summed E-state index contributed by atoms with van der Waals surface area (Å²) in [6.07, 6.45) is 8.76. The number of rotatable bonds is 6. The molecule has 1 aromatic carbocycles. The molecule has 0 radical (unpaired) electrons. The summed E-state index contributed by atoms with van der Waals surface area (Å²) >= 11 is 0. The highest BCUT2D eigenvalue weighted by Crippen LogP contribution is 2.01. The third kappa shape index (κ3) is 7.04. The molecule has 0 aromatic heterocycles. The highest BCUT2D eigenvalue weighted by molar-refractivity contribution is 5.99. The molecular formula is C17H21NO. The molecular weight excluding hydrogens is 234 g/mol. The molecule has 0 aliphatic rings. The quantitative estimate of drug-likeness (QED) is 0.620. The Labute approximate surface area is 115 Å². The van der Waals surface area contributed by atoms with Crippen LogP contribution in [0.5, 0.6) is 0 Å². The second kappa shape index (κ2) is 8.09. The summed E-state index contributed by atoms with van der Waals surface area (Å²) in [5, 5.41) is 3.18. The SMILES string of the molecule is C/C(=C/C(=O)/C=C\C=C\c1ccccc1)NC(C)C. The number of carbonyl (C=O) groups is 1. The van der Waals surface area contributed by atoms with Gasteiger partial charge in [0.25, 0.3) is 0 Å². The number of carbonyl (C=O) groups excluding carboxylic acids is 1. The van der Waals surface area contributed by atoms with Crippen LogP contribution in [-0.2, 0) is 4.79 Å². The van der Waals surface area contributed by atoms with Crippen LogP contribution in [0.1, 0.15) is 26.3 Å². The maximum absolute atomic E-state index is 11.6. The lowest BCUT2D eigenvalue weighted by Crippen LogP contribution is -2.20. The predicted molar refractivity (Wildman–Crippen MR) is 81.7 cm³/mol. The van der Waals surface area contributed by atoms with Crippen LogP contribution in [0.2, 0.25) is 0 Å². The summed E-state index contributed by atoms with van der Waals surface area (Å²) in [4.78, 5) is 11.6. The van der Waals surface area contributed by atoms with E-state index in [4.69, 9.17) is 0 Å². The summed E-state index contributed by atoms with van der Waals surface area (Å²) in [6.45, 7) is 5.98. The standard InChI is InChI=1S/C17H21NO/c1-14(2)18-15(3)13-17(19)12-8-7-11-16-9-5-4-6-10-16/h4-14,18H,1-3H3/b11-7+,12-8-,15-13-. The molecule has 0 atom stereocenters. The first-order chi connectivity index (χ1) is 9.08. The molecule has 0 heterocycles. The van der Waals surface area contributed by atoms with Crippen LogP contribution in [-0.4, -0.2) is 11.8 Å². The van der Waals surface area contributed by atoms with E-state index in [1.165, 1.54) is 0 Å². The van der Waals surface area contributed by atoms with E-state index < -0.39 is 0 Å². The highest BCUT2D eigenvalue weighted by Gasteiger charge is 1.95. The van der Waals surface area contributed by atoms with Gasteiger partial charge in [-0.15, -0.1) is 0 Å². The molecule has 2 heteroatoms. The summed E-state index contributed by atoms with van der Waals surface area (Å²) in [7, 11) is 0. The van der Waals surface area contributed by atoms with Gasteiger partial charge < -0.3 is 5.32 Å². The van der Waals surface area contributed by atoms with E-state index in [0.29, 0.717) is 6.04 Å². The van der Waals surface area contributed by atoms with Crippen molar-refractivity contribution in [2.75, 3.05) is 0 Å². The van der Waals surface area contributed by atoms with E-state index in [-0.39, 0.29) is 5.78 Å². The van der Waals surface area contributed by atoms with Crippen molar-refractivity contribution in [3.05, 3.63) is 65.9 Å². The topological polar surface area (TPSA) is 29.1 Å². The minimum atomic E-state index is -0.0108. The molecule has 0 saturated heterocycles. The number of benzene rings is 1. The number of ketones is 1. The molecule has 0 aliphatic carbocycles. The summed E-state index contributed by atoms with van der Waals surface area (Å²) in [6, 6.07) is 10.3. The van der Waals surface area contributed by atoms with Crippen molar-refractivity contribution in [2.45, 2.75) is 26.8 Å². The summed E-state index contributed by atoms with van der Waals surface area (Å²) < 4.78 is 0. The average Bonchev–Trinajstić information content (AvgIpc) is 2.35. The van der Waals surface area contributed by atoms with Crippen LogP contribution in [0.4, 0.5) is 0 Å². The number of hydrogen-bond acceptors (Lipinski definition) is 2. The van der Waals surface area contributed by atoms with Crippen LogP contribution in [0.3, 0.4) is 0 Å². The van der Waals surface area contributed by atoms with Crippen molar-refractivity contribution in [2.24, 2.45) is 0 Å². The predicted octanol–water partition coefficient (Wildman–Crippen LogP) is 3.73. The summed E-state index contributed by atoms with van der Waals surface area (Å²) in [5.41, 5.74) is 2.00. The lowest BCUT2D eigenvalue weighted by molar-refractivity contribution is -0.110. The van der Waals surface area contributed by atoms with Gasteiger partial charge in [0.2, 0.25) is 0 Å². The van der Waals surface area contributed by atoms with Crippen molar-refractivity contribution in [1.29, 1.82) is 0 Å². The Bertz CT molecular complexity index is 481. The van der Waals surface area contributed by atoms with E-state index >= 15 is 0 Å². The van der Waals surface area contributed by atoms with Crippen molar-refractivity contribution in [3.63, 3.8) is 0 Å². The Morgan fingerprint density at radius 3 is 2.47 bits per heavy atom. The lowest BCUT2D eigenvalue weighted by Gasteiger charge is -2.08. The number of nitrogens with one attached hydrogen (secondary N) is 1. The van der Waals surface area contributed by atoms with Gasteiger partial charge in [-0.2, -0.15) is 0 Å². The normalized spacial score (nSPS) is 12.5. The monoisotopic (exact) mass is 255 g/mol. The van der Waals surface area contributed by atoms with Crippen molar-refractivity contribution in [3.8, 4) is 0 Å². The van der Waals surface area contributed by atoms with Gasteiger partial charge in [0.1, 0.15) is 0 Å². The second-order valence-electron chi connectivity index (χ2n) is 4.66. The third-order valence-corrected chi connectivity index (χ3v) is 2.33. The Hall–Kier alpha value is -2.09. The van der Waals surface area contributed by atoms with Gasteiger partial charge in [-0.05, 0) is 32.4 Å². The molecule has 0 aliphatic heterocycles. The zero-order valence-corrected chi connectivity index (χ0v) is 11.8. The summed E-state index contributed by atoms with van der Waals surface area (Å²) in [5.74, 6) is -0.0108. The molecule has 19 heavy (non-hydrogen) atoms. The van der Waals surface area contributed by atoms with E-state index in [2.05, 4.69) is 5.32 Å². The van der Waals surface area contributed by atoms with E-state index in [1.54, 1.807) is 18.2 Å². The molecule has 0 spiro atoms. The number of hydrogen-bond donors (Lipinski definition) is 1. The third-order valence-electron chi connectivity index (χ3n) is 2.33. The Kier molecular flexibility index (Phi) is 6.37. The van der Waals surface area contributed by atoms with E-state index in [1.807, 2.05) is 63.3 Å². The van der Waals surface area contributed by atoms with Crippen LogP contribution >= 0.6 is 0 Å². The van der Waals surface area contributed by atoms with Gasteiger partial charge in [-0.1, -0.05) is 48.6 Å².